The van der Waals surface area contributed by atoms with Crippen molar-refractivity contribution < 1.29 is 9.53 Å². The number of nitrogens with two attached hydrogens (primary N) is 1. The predicted octanol–water partition coefficient (Wildman–Crippen LogP) is 2.34. The van der Waals surface area contributed by atoms with Gasteiger partial charge in [0.05, 0.1) is 18.3 Å². The number of hydrogen-bond donors (Lipinski definition) is 2. The van der Waals surface area contributed by atoms with E-state index in [0.717, 1.165) is 17.2 Å². The third kappa shape index (κ3) is 3.48. The lowest BCUT2D eigenvalue weighted by Crippen LogP contribution is -2.49. The van der Waals surface area contributed by atoms with Crippen molar-refractivity contribution in [1.82, 2.24) is 9.97 Å². The average molecular weight is 415 g/mol. The van der Waals surface area contributed by atoms with Crippen LogP contribution in [0.3, 0.4) is 0 Å². The van der Waals surface area contributed by atoms with Gasteiger partial charge in [-0.25, -0.2) is 15.0 Å². The smallest absolute Gasteiger partial charge is 0.275 e. The summed E-state index contributed by atoms with van der Waals surface area (Å²) in [5.74, 6) is 1.21. The van der Waals surface area contributed by atoms with E-state index in [0.29, 0.717) is 23.2 Å². The van der Waals surface area contributed by atoms with E-state index in [4.69, 9.17) is 20.7 Å². The molecule has 0 radical (unpaired) electrons. The van der Waals surface area contributed by atoms with E-state index in [-0.39, 0.29) is 23.6 Å². The Morgan fingerprint density at radius 2 is 2.36 bits per heavy atom. The van der Waals surface area contributed by atoms with Crippen LogP contribution in [0.25, 0.3) is 0 Å². The van der Waals surface area contributed by atoms with Gasteiger partial charge < -0.3 is 15.8 Å². The predicted molar refractivity (Wildman–Crippen MR) is 108 cm³/mol. The Bertz CT molecular complexity index is 967. The van der Waals surface area contributed by atoms with E-state index in [1.165, 1.54) is 23.6 Å². The Morgan fingerprint density at radius 3 is 3.11 bits per heavy atom. The van der Waals surface area contributed by atoms with Gasteiger partial charge in [-0.15, -0.1) is 11.3 Å². The summed E-state index contributed by atoms with van der Waals surface area (Å²) in [5, 5.41) is 14.7. The highest BCUT2D eigenvalue weighted by Gasteiger charge is 2.49. The van der Waals surface area contributed by atoms with Crippen molar-refractivity contribution >= 4 is 40.0 Å². The van der Waals surface area contributed by atoms with Gasteiger partial charge in [0.2, 0.25) is 0 Å². The molecule has 0 spiro atoms. The quantitative estimate of drug-likeness (QED) is 0.789. The number of aliphatic imine (C=N–C) groups is 1. The number of rotatable bonds is 3. The maximum atomic E-state index is 12.4. The SMILES string of the molecule is C[C@H]1C[C@H]2CSC(N)=N[C@@]2(c2nc(NC(=O)c3ccc(C#N)cn3)cs2)CO1. The zero-order chi connectivity index (χ0) is 19.7. The van der Waals surface area contributed by atoms with E-state index in [2.05, 4.69) is 22.2 Å². The lowest BCUT2D eigenvalue weighted by molar-refractivity contribution is -0.0466. The normalized spacial score (nSPS) is 26.6. The summed E-state index contributed by atoms with van der Waals surface area (Å²) < 4.78 is 5.91. The zero-order valence-corrected chi connectivity index (χ0v) is 16.7. The Kier molecular flexibility index (Phi) is 5.05. The molecule has 144 valence electrons. The number of hydrogen-bond acceptors (Lipinski definition) is 9. The van der Waals surface area contributed by atoms with Gasteiger partial charge in [-0.1, -0.05) is 11.8 Å². The van der Waals surface area contributed by atoms with E-state index >= 15 is 0 Å². The van der Waals surface area contributed by atoms with Crippen molar-refractivity contribution in [2.45, 2.75) is 25.0 Å². The van der Waals surface area contributed by atoms with Gasteiger partial charge in [0.25, 0.3) is 5.91 Å². The van der Waals surface area contributed by atoms with Crippen LogP contribution in [0.15, 0.2) is 28.7 Å². The maximum absolute atomic E-state index is 12.4. The molecule has 3 atom stereocenters. The Labute approximate surface area is 170 Å². The number of fused-ring (bicyclic) bond motifs is 1. The molecule has 1 saturated heterocycles. The molecule has 0 aliphatic carbocycles. The minimum Gasteiger partial charge on any atom is -0.379 e. The molecule has 28 heavy (non-hydrogen) atoms. The number of ether oxygens (including phenoxy) is 1. The third-order valence-corrected chi connectivity index (χ3v) is 6.83. The number of amidine groups is 1. The molecule has 10 heteroatoms. The van der Waals surface area contributed by atoms with E-state index in [1.54, 1.807) is 23.2 Å². The van der Waals surface area contributed by atoms with Gasteiger partial charge in [-0.3, -0.25) is 4.79 Å². The number of nitrogens with one attached hydrogen (secondary N) is 1. The first kappa shape index (κ1) is 18.9. The zero-order valence-electron chi connectivity index (χ0n) is 15.1. The number of pyridine rings is 1. The summed E-state index contributed by atoms with van der Waals surface area (Å²) in [5.41, 5.74) is 6.04. The van der Waals surface area contributed by atoms with Crippen LogP contribution in [0.1, 0.15) is 34.4 Å². The van der Waals surface area contributed by atoms with Gasteiger partial charge >= 0.3 is 0 Å². The number of thiazole rings is 1. The molecular weight excluding hydrogens is 396 g/mol. The van der Waals surface area contributed by atoms with Crippen LogP contribution in [0.2, 0.25) is 0 Å². The number of carbonyl (C=O) groups excluding carboxylic acids is 1. The number of anilines is 1. The molecule has 2 aromatic heterocycles. The maximum Gasteiger partial charge on any atom is 0.275 e. The molecule has 2 aromatic rings. The molecule has 3 N–H and O–H groups in total. The number of nitrogens with zero attached hydrogens (tertiary/aromatic N) is 4. The van der Waals surface area contributed by atoms with Gasteiger partial charge in [0.1, 0.15) is 28.1 Å². The van der Waals surface area contributed by atoms with Crippen molar-refractivity contribution in [1.29, 1.82) is 5.26 Å². The first-order valence-electron chi connectivity index (χ1n) is 8.73. The fraction of sp³-hybridized carbons (Fsp3) is 0.389. The van der Waals surface area contributed by atoms with Crippen molar-refractivity contribution in [2.24, 2.45) is 16.6 Å². The van der Waals surface area contributed by atoms with Crippen LogP contribution in [0, 0.1) is 17.2 Å². The number of aromatic nitrogens is 2. The van der Waals surface area contributed by atoms with Gasteiger partial charge in [-0.05, 0) is 25.5 Å². The number of amides is 1. The molecule has 4 heterocycles. The minimum absolute atomic E-state index is 0.176. The van der Waals surface area contributed by atoms with Crippen LogP contribution >= 0.6 is 23.1 Å². The molecule has 0 saturated carbocycles. The Balaban J connectivity index is 1.57. The minimum atomic E-state index is -0.595. The van der Waals surface area contributed by atoms with Crippen molar-refractivity contribution in [2.75, 3.05) is 17.7 Å². The number of carbonyl (C=O) groups is 1. The highest BCUT2D eigenvalue weighted by atomic mass is 32.2. The molecule has 0 unspecified atom stereocenters. The first-order valence-corrected chi connectivity index (χ1v) is 10.6. The third-order valence-electron chi connectivity index (χ3n) is 4.86. The molecule has 1 fully saturated rings. The largest absolute Gasteiger partial charge is 0.379 e. The second-order valence-electron chi connectivity index (χ2n) is 6.78. The Morgan fingerprint density at radius 1 is 1.50 bits per heavy atom. The monoisotopic (exact) mass is 414 g/mol. The van der Waals surface area contributed by atoms with Crippen molar-refractivity contribution in [3.8, 4) is 6.07 Å². The molecule has 4 rings (SSSR count). The second-order valence-corrected chi connectivity index (χ2v) is 8.67. The highest BCUT2D eigenvalue weighted by Crippen LogP contribution is 2.46. The second kappa shape index (κ2) is 7.50. The molecule has 8 nitrogen and oxygen atoms in total. The van der Waals surface area contributed by atoms with E-state index in [1.807, 2.05) is 6.07 Å². The number of nitriles is 1. The van der Waals surface area contributed by atoms with Crippen molar-refractivity contribution in [3.05, 3.63) is 40.0 Å². The molecular formula is C18H18N6O2S2. The summed E-state index contributed by atoms with van der Waals surface area (Å²) in [6.07, 6.45) is 2.43. The van der Waals surface area contributed by atoms with Gasteiger partial charge in [0, 0.05) is 23.2 Å². The molecule has 2 aliphatic rings. The fourth-order valence-electron chi connectivity index (χ4n) is 3.38. The van der Waals surface area contributed by atoms with E-state index in [9.17, 15) is 4.79 Å². The summed E-state index contributed by atoms with van der Waals surface area (Å²) >= 11 is 3.00. The molecule has 0 aromatic carbocycles. The van der Waals surface area contributed by atoms with Crippen LogP contribution in [0.4, 0.5) is 5.82 Å². The lowest BCUT2D eigenvalue weighted by Gasteiger charge is -2.44. The standard InChI is InChI=1S/C18H18N6O2S2/c1-10-4-12-7-28-17(20)24-18(12,9-26-10)16-23-14(8-27-16)22-15(25)13-3-2-11(5-19)6-21-13/h2-3,6,8,10,12H,4,7,9H2,1H3,(H2,20,24)(H,22,25)/t10-,12-,18-/m0/s1. The molecule has 1 amide bonds. The lowest BCUT2D eigenvalue weighted by atomic mass is 9.80. The highest BCUT2D eigenvalue weighted by molar-refractivity contribution is 8.13. The van der Waals surface area contributed by atoms with Crippen LogP contribution in [0.5, 0.6) is 0 Å². The van der Waals surface area contributed by atoms with Crippen molar-refractivity contribution in [3.63, 3.8) is 0 Å². The van der Waals surface area contributed by atoms with Crippen LogP contribution in [-0.2, 0) is 10.3 Å². The summed E-state index contributed by atoms with van der Waals surface area (Å²) in [4.78, 5) is 25.8. The topological polar surface area (TPSA) is 126 Å². The summed E-state index contributed by atoms with van der Waals surface area (Å²) in [7, 11) is 0. The summed E-state index contributed by atoms with van der Waals surface area (Å²) in [6, 6.07) is 5.03. The average Bonchev–Trinajstić information content (AvgIpc) is 3.17. The van der Waals surface area contributed by atoms with Gasteiger partial charge in [0.15, 0.2) is 5.17 Å². The van der Waals surface area contributed by atoms with Crippen LogP contribution < -0.4 is 11.1 Å². The molecule has 2 aliphatic heterocycles. The molecule has 0 bridgehead atoms. The van der Waals surface area contributed by atoms with Gasteiger partial charge in [-0.2, -0.15) is 5.26 Å². The van der Waals surface area contributed by atoms with E-state index < -0.39 is 5.54 Å². The fourth-order valence-corrected chi connectivity index (χ4v) is 5.36. The Hall–Kier alpha value is -2.48. The summed E-state index contributed by atoms with van der Waals surface area (Å²) in [6.45, 7) is 2.49. The van der Waals surface area contributed by atoms with Crippen LogP contribution in [-0.4, -0.2) is 39.5 Å². The number of thioether (sulfide) groups is 1. The first-order chi connectivity index (χ1) is 13.5.